The van der Waals surface area contributed by atoms with Gasteiger partial charge < -0.3 is 0 Å². The van der Waals surface area contributed by atoms with E-state index in [1.807, 2.05) is 48.5 Å². The molecule has 0 saturated carbocycles. The summed E-state index contributed by atoms with van der Waals surface area (Å²) < 4.78 is 0. The van der Waals surface area contributed by atoms with Crippen LogP contribution in [-0.4, -0.2) is 6.29 Å². The van der Waals surface area contributed by atoms with E-state index in [0.717, 1.165) is 33.6 Å². The Labute approximate surface area is 128 Å². The Hall–Kier alpha value is -2.38. The van der Waals surface area contributed by atoms with E-state index in [0.29, 0.717) is 5.56 Å². The molecule has 0 aromatic heterocycles. The van der Waals surface area contributed by atoms with Crippen LogP contribution < -0.4 is 0 Å². The van der Waals surface area contributed by atoms with Gasteiger partial charge in [0.1, 0.15) is 6.29 Å². The Balaban J connectivity index is 1.91. The first-order valence-corrected chi connectivity index (χ1v) is 7.06. The molecule has 0 saturated heterocycles. The molecule has 21 heavy (non-hydrogen) atoms. The normalized spacial score (nSPS) is 10.3. The van der Waals surface area contributed by atoms with Crippen molar-refractivity contribution in [2.75, 3.05) is 0 Å². The van der Waals surface area contributed by atoms with E-state index in [-0.39, 0.29) is 0 Å². The van der Waals surface area contributed by atoms with Crippen molar-refractivity contribution in [3.63, 3.8) is 0 Å². The first-order valence-electron chi connectivity index (χ1n) is 6.68. The predicted molar refractivity (Wildman–Crippen MR) is 87.7 cm³/mol. The molecule has 0 unspecified atom stereocenters. The second-order valence-corrected chi connectivity index (χ2v) is 5.26. The summed E-state index contributed by atoms with van der Waals surface area (Å²) in [6.07, 6.45) is 0.853. The van der Waals surface area contributed by atoms with Gasteiger partial charge in [0.05, 0.1) is 0 Å². The molecule has 0 aliphatic carbocycles. The third-order valence-electron chi connectivity index (χ3n) is 3.42. The van der Waals surface area contributed by atoms with Gasteiger partial charge in [0.15, 0.2) is 0 Å². The number of rotatable bonds is 3. The Kier molecular flexibility index (Phi) is 3.85. The fraction of sp³-hybridized carbons (Fsp3) is 0. The Morgan fingerprint density at radius 3 is 1.71 bits per heavy atom. The zero-order chi connectivity index (χ0) is 14.7. The summed E-state index contributed by atoms with van der Waals surface area (Å²) in [5.74, 6) is 0. The van der Waals surface area contributed by atoms with E-state index in [1.165, 1.54) is 0 Å². The standard InChI is InChI=1S/C19H13ClO/c20-19-3-1-2-18(12-19)17-10-8-16(9-11-17)15-6-4-14(13-21)5-7-15/h1-13H. The van der Waals surface area contributed by atoms with Gasteiger partial charge in [-0.2, -0.15) is 0 Å². The zero-order valence-corrected chi connectivity index (χ0v) is 12.0. The zero-order valence-electron chi connectivity index (χ0n) is 11.3. The van der Waals surface area contributed by atoms with Crippen molar-refractivity contribution in [3.05, 3.63) is 83.4 Å². The van der Waals surface area contributed by atoms with Crippen molar-refractivity contribution in [1.82, 2.24) is 0 Å². The van der Waals surface area contributed by atoms with Crippen LogP contribution >= 0.6 is 11.6 Å². The lowest BCUT2D eigenvalue weighted by atomic mass is 10.00. The van der Waals surface area contributed by atoms with Gasteiger partial charge in [-0.15, -0.1) is 0 Å². The van der Waals surface area contributed by atoms with Gasteiger partial charge in [0.2, 0.25) is 0 Å². The molecule has 0 fully saturated rings. The smallest absolute Gasteiger partial charge is 0.150 e. The fourth-order valence-electron chi connectivity index (χ4n) is 2.28. The lowest BCUT2D eigenvalue weighted by molar-refractivity contribution is 0.112. The molecule has 0 N–H and O–H groups in total. The van der Waals surface area contributed by atoms with Crippen molar-refractivity contribution in [1.29, 1.82) is 0 Å². The minimum atomic E-state index is 0.689. The first-order chi connectivity index (χ1) is 10.3. The van der Waals surface area contributed by atoms with Crippen molar-refractivity contribution >= 4 is 17.9 Å². The van der Waals surface area contributed by atoms with Crippen molar-refractivity contribution in [2.45, 2.75) is 0 Å². The molecule has 0 spiro atoms. The molecule has 0 atom stereocenters. The van der Waals surface area contributed by atoms with Gasteiger partial charge in [0.25, 0.3) is 0 Å². The molecule has 3 aromatic rings. The van der Waals surface area contributed by atoms with Gasteiger partial charge in [0, 0.05) is 10.6 Å². The summed E-state index contributed by atoms with van der Waals surface area (Å²) in [7, 11) is 0. The molecule has 0 bridgehead atoms. The molecule has 0 aliphatic rings. The summed E-state index contributed by atoms with van der Waals surface area (Å²) in [5, 5.41) is 0.737. The van der Waals surface area contributed by atoms with E-state index in [2.05, 4.69) is 24.3 Å². The van der Waals surface area contributed by atoms with Crippen LogP contribution in [0.25, 0.3) is 22.3 Å². The lowest BCUT2D eigenvalue weighted by Gasteiger charge is -2.05. The monoisotopic (exact) mass is 292 g/mol. The average molecular weight is 293 g/mol. The third kappa shape index (κ3) is 3.04. The summed E-state index contributed by atoms with van der Waals surface area (Å²) in [5.41, 5.74) is 5.14. The molecule has 3 rings (SSSR count). The van der Waals surface area contributed by atoms with E-state index in [1.54, 1.807) is 0 Å². The van der Waals surface area contributed by atoms with Crippen LogP contribution in [0.2, 0.25) is 5.02 Å². The number of carbonyl (C=O) groups excluding carboxylic acids is 1. The maximum Gasteiger partial charge on any atom is 0.150 e. The number of aldehydes is 1. The highest BCUT2D eigenvalue weighted by Gasteiger charge is 2.01. The maximum atomic E-state index is 10.7. The van der Waals surface area contributed by atoms with Gasteiger partial charge in [-0.05, 0) is 34.4 Å². The van der Waals surface area contributed by atoms with E-state index in [4.69, 9.17) is 11.6 Å². The molecule has 0 radical (unpaired) electrons. The van der Waals surface area contributed by atoms with Crippen LogP contribution in [0, 0.1) is 0 Å². The second kappa shape index (κ2) is 5.94. The van der Waals surface area contributed by atoms with Crippen molar-refractivity contribution in [2.24, 2.45) is 0 Å². The average Bonchev–Trinajstić information content (AvgIpc) is 2.55. The number of benzene rings is 3. The lowest BCUT2D eigenvalue weighted by Crippen LogP contribution is -1.82. The predicted octanol–water partition coefficient (Wildman–Crippen LogP) is 5.49. The fourth-order valence-corrected chi connectivity index (χ4v) is 2.47. The van der Waals surface area contributed by atoms with Crippen LogP contribution in [0.15, 0.2) is 72.8 Å². The Bertz CT molecular complexity index is 758. The van der Waals surface area contributed by atoms with Crippen LogP contribution in [0.5, 0.6) is 0 Å². The van der Waals surface area contributed by atoms with E-state index >= 15 is 0 Å². The van der Waals surface area contributed by atoms with Crippen molar-refractivity contribution < 1.29 is 4.79 Å². The number of hydrogen-bond acceptors (Lipinski definition) is 1. The summed E-state index contributed by atoms with van der Waals surface area (Å²) in [6, 6.07) is 23.7. The minimum Gasteiger partial charge on any atom is -0.298 e. The van der Waals surface area contributed by atoms with Gasteiger partial charge >= 0.3 is 0 Å². The number of hydrogen-bond donors (Lipinski definition) is 0. The summed E-state index contributed by atoms with van der Waals surface area (Å²) >= 11 is 6.02. The van der Waals surface area contributed by atoms with E-state index < -0.39 is 0 Å². The third-order valence-corrected chi connectivity index (χ3v) is 3.66. The number of carbonyl (C=O) groups is 1. The first kappa shape index (κ1) is 13.6. The minimum absolute atomic E-state index is 0.689. The number of halogens is 1. The van der Waals surface area contributed by atoms with Crippen LogP contribution in [-0.2, 0) is 0 Å². The topological polar surface area (TPSA) is 17.1 Å². The summed E-state index contributed by atoms with van der Waals surface area (Å²) in [6.45, 7) is 0. The summed E-state index contributed by atoms with van der Waals surface area (Å²) in [4.78, 5) is 10.7. The SMILES string of the molecule is O=Cc1ccc(-c2ccc(-c3cccc(Cl)c3)cc2)cc1. The van der Waals surface area contributed by atoms with Crippen LogP contribution in [0.1, 0.15) is 10.4 Å². The van der Waals surface area contributed by atoms with E-state index in [9.17, 15) is 4.79 Å². The van der Waals surface area contributed by atoms with Crippen molar-refractivity contribution in [3.8, 4) is 22.3 Å². The molecule has 3 aromatic carbocycles. The highest BCUT2D eigenvalue weighted by atomic mass is 35.5. The molecule has 1 nitrogen and oxygen atoms in total. The molecule has 102 valence electrons. The van der Waals surface area contributed by atoms with Gasteiger partial charge in [-0.3, -0.25) is 4.79 Å². The molecule has 0 amide bonds. The molecule has 0 aliphatic heterocycles. The Morgan fingerprint density at radius 2 is 1.19 bits per heavy atom. The molecular formula is C19H13ClO. The quantitative estimate of drug-likeness (QED) is 0.584. The maximum absolute atomic E-state index is 10.7. The van der Waals surface area contributed by atoms with Crippen LogP contribution in [0.3, 0.4) is 0 Å². The molecule has 0 heterocycles. The van der Waals surface area contributed by atoms with Crippen LogP contribution in [0.4, 0.5) is 0 Å². The molecular weight excluding hydrogens is 280 g/mol. The Morgan fingerprint density at radius 1 is 0.667 bits per heavy atom. The van der Waals surface area contributed by atoms with Gasteiger partial charge in [-0.1, -0.05) is 72.3 Å². The highest BCUT2D eigenvalue weighted by Crippen LogP contribution is 2.26. The van der Waals surface area contributed by atoms with Gasteiger partial charge in [-0.25, -0.2) is 0 Å². The highest BCUT2D eigenvalue weighted by molar-refractivity contribution is 6.30. The second-order valence-electron chi connectivity index (χ2n) is 4.83. The largest absolute Gasteiger partial charge is 0.298 e. The molecule has 2 heteroatoms.